The van der Waals surface area contributed by atoms with E-state index in [4.69, 9.17) is 12.2 Å². The zero-order valence-corrected chi connectivity index (χ0v) is 11.0. The highest BCUT2D eigenvalue weighted by molar-refractivity contribution is 5.95. The number of terminal acetylenes is 1. The van der Waals surface area contributed by atoms with Gasteiger partial charge in [0.15, 0.2) is 0 Å². The van der Waals surface area contributed by atoms with E-state index in [0.717, 1.165) is 5.56 Å². The fourth-order valence-corrected chi connectivity index (χ4v) is 1.53. The third-order valence-corrected chi connectivity index (χ3v) is 2.48. The minimum Gasteiger partial charge on any atom is -0.326 e. The Morgan fingerprint density at radius 2 is 2.11 bits per heavy atom. The van der Waals surface area contributed by atoms with Crippen LogP contribution in [0.15, 0.2) is 18.2 Å². The third-order valence-electron chi connectivity index (χ3n) is 2.48. The second-order valence-corrected chi connectivity index (χ2v) is 4.21. The molecule has 1 atom stereocenters. The number of carbonyl (C=O) groups is 2. The van der Waals surface area contributed by atoms with Crippen molar-refractivity contribution in [2.45, 2.75) is 26.3 Å². The fourth-order valence-electron chi connectivity index (χ4n) is 1.53. The summed E-state index contributed by atoms with van der Waals surface area (Å²) in [5.74, 6) is 1.87. The molecule has 0 saturated heterocycles. The van der Waals surface area contributed by atoms with E-state index in [2.05, 4.69) is 16.6 Å². The van der Waals surface area contributed by atoms with Gasteiger partial charge in [-0.05, 0) is 30.7 Å². The molecule has 0 radical (unpaired) electrons. The molecule has 0 bridgehead atoms. The summed E-state index contributed by atoms with van der Waals surface area (Å²) in [6.07, 6.45) is 5.29. The molecule has 1 unspecified atom stereocenters. The standard InChI is InChI=1S/C14H17N3O2/c1-4-5-12(15)14(19)17-11-6-7-13(9(2)8-11)16-10(3)18/h1,6-8,12H,5,15H2,2-3H3,(H,16,18)(H,17,19). The lowest BCUT2D eigenvalue weighted by atomic mass is 10.1. The van der Waals surface area contributed by atoms with Crippen molar-refractivity contribution in [3.8, 4) is 12.3 Å². The van der Waals surface area contributed by atoms with E-state index in [9.17, 15) is 9.59 Å². The van der Waals surface area contributed by atoms with Crippen LogP contribution in [0.4, 0.5) is 11.4 Å². The number of rotatable bonds is 4. The van der Waals surface area contributed by atoms with Crippen LogP contribution < -0.4 is 16.4 Å². The lowest BCUT2D eigenvalue weighted by Crippen LogP contribution is -2.35. The van der Waals surface area contributed by atoms with Crippen molar-refractivity contribution in [2.24, 2.45) is 5.73 Å². The Balaban J connectivity index is 2.76. The quantitative estimate of drug-likeness (QED) is 0.711. The van der Waals surface area contributed by atoms with Gasteiger partial charge in [0.1, 0.15) is 0 Å². The average Bonchev–Trinajstić information content (AvgIpc) is 2.32. The van der Waals surface area contributed by atoms with Gasteiger partial charge in [-0.15, -0.1) is 12.3 Å². The molecule has 0 aliphatic carbocycles. The summed E-state index contributed by atoms with van der Waals surface area (Å²) < 4.78 is 0. The number of hydrogen-bond acceptors (Lipinski definition) is 3. The molecule has 0 aromatic heterocycles. The van der Waals surface area contributed by atoms with Crippen molar-refractivity contribution in [2.75, 3.05) is 10.6 Å². The number of hydrogen-bond donors (Lipinski definition) is 3. The van der Waals surface area contributed by atoms with Crippen molar-refractivity contribution >= 4 is 23.2 Å². The fraction of sp³-hybridized carbons (Fsp3) is 0.286. The average molecular weight is 259 g/mol. The minimum atomic E-state index is -0.722. The molecule has 0 fully saturated rings. The summed E-state index contributed by atoms with van der Waals surface area (Å²) in [6.45, 7) is 3.27. The lowest BCUT2D eigenvalue weighted by molar-refractivity contribution is -0.117. The van der Waals surface area contributed by atoms with Crippen LogP contribution in [0.2, 0.25) is 0 Å². The van der Waals surface area contributed by atoms with Gasteiger partial charge in [0.2, 0.25) is 11.8 Å². The van der Waals surface area contributed by atoms with Crippen LogP contribution >= 0.6 is 0 Å². The molecule has 4 N–H and O–H groups in total. The molecule has 0 aliphatic rings. The van der Waals surface area contributed by atoms with E-state index in [0.29, 0.717) is 11.4 Å². The van der Waals surface area contributed by atoms with Gasteiger partial charge < -0.3 is 16.4 Å². The monoisotopic (exact) mass is 259 g/mol. The Kier molecular flexibility index (Phi) is 5.10. The van der Waals surface area contributed by atoms with E-state index >= 15 is 0 Å². The number of benzene rings is 1. The maximum atomic E-state index is 11.7. The number of aryl methyl sites for hydroxylation is 1. The maximum Gasteiger partial charge on any atom is 0.242 e. The highest BCUT2D eigenvalue weighted by atomic mass is 16.2. The molecular formula is C14H17N3O2. The highest BCUT2D eigenvalue weighted by Gasteiger charge is 2.12. The zero-order chi connectivity index (χ0) is 14.4. The molecule has 0 spiro atoms. The predicted molar refractivity (Wildman–Crippen MR) is 75.5 cm³/mol. The van der Waals surface area contributed by atoms with Crippen LogP contribution in [0.3, 0.4) is 0 Å². The highest BCUT2D eigenvalue weighted by Crippen LogP contribution is 2.19. The van der Waals surface area contributed by atoms with Gasteiger partial charge in [0.05, 0.1) is 6.04 Å². The zero-order valence-electron chi connectivity index (χ0n) is 11.0. The minimum absolute atomic E-state index is 0.143. The number of amides is 2. The molecule has 1 aromatic rings. The molecule has 1 rings (SSSR count). The lowest BCUT2D eigenvalue weighted by Gasteiger charge is -2.12. The Labute approximate surface area is 112 Å². The van der Waals surface area contributed by atoms with E-state index in [-0.39, 0.29) is 18.2 Å². The molecular weight excluding hydrogens is 242 g/mol. The largest absolute Gasteiger partial charge is 0.326 e. The molecule has 0 heterocycles. The van der Waals surface area contributed by atoms with E-state index < -0.39 is 6.04 Å². The first-order chi connectivity index (χ1) is 8.93. The SMILES string of the molecule is C#CCC(N)C(=O)Nc1ccc(NC(C)=O)c(C)c1. The van der Waals surface area contributed by atoms with Gasteiger partial charge in [0, 0.05) is 24.7 Å². The number of anilines is 2. The molecule has 5 nitrogen and oxygen atoms in total. The number of nitrogens with one attached hydrogen (secondary N) is 2. The normalized spacial score (nSPS) is 11.3. The summed E-state index contributed by atoms with van der Waals surface area (Å²) in [7, 11) is 0. The maximum absolute atomic E-state index is 11.7. The second kappa shape index (κ2) is 6.57. The van der Waals surface area contributed by atoms with Gasteiger partial charge in [-0.25, -0.2) is 0 Å². The van der Waals surface area contributed by atoms with Crippen molar-refractivity contribution in [1.82, 2.24) is 0 Å². The van der Waals surface area contributed by atoms with Gasteiger partial charge in [-0.1, -0.05) is 0 Å². The third kappa shape index (κ3) is 4.45. The van der Waals surface area contributed by atoms with Crippen LogP contribution in [-0.2, 0) is 9.59 Å². The predicted octanol–water partition coefficient (Wildman–Crippen LogP) is 1.24. The van der Waals surface area contributed by atoms with Crippen LogP contribution in [0, 0.1) is 19.3 Å². The van der Waals surface area contributed by atoms with Gasteiger partial charge in [-0.2, -0.15) is 0 Å². The molecule has 100 valence electrons. The van der Waals surface area contributed by atoms with Crippen molar-refractivity contribution in [1.29, 1.82) is 0 Å². The molecule has 1 aromatic carbocycles. The second-order valence-electron chi connectivity index (χ2n) is 4.21. The van der Waals surface area contributed by atoms with Gasteiger partial charge in [0.25, 0.3) is 0 Å². The molecule has 0 saturated carbocycles. The molecule has 5 heteroatoms. The number of nitrogens with two attached hydrogens (primary N) is 1. The van der Waals surface area contributed by atoms with E-state index in [1.807, 2.05) is 6.92 Å². The Morgan fingerprint density at radius 3 is 2.63 bits per heavy atom. The van der Waals surface area contributed by atoms with Crippen LogP contribution in [0.25, 0.3) is 0 Å². The van der Waals surface area contributed by atoms with Crippen molar-refractivity contribution in [3.05, 3.63) is 23.8 Å². The summed E-state index contributed by atoms with van der Waals surface area (Å²) in [5, 5.41) is 5.37. The smallest absolute Gasteiger partial charge is 0.242 e. The first-order valence-electron chi connectivity index (χ1n) is 5.82. The summed E-state index contributed by atoms with van der Waals surface area (Å²) in [5.41, 5.74) is 7.77. The molecule has 2 amide bonds. The summed E-state index contributed by atoms with van der Waals surface area (Å²) in [6, 6.07) is 4.45. The Hall–Kier alpha value is -2.32. The first kappa shape index (κ1) is 14.7. The number of carbonyl (C=O) groups excluding carboxylic acids is 2. The first-order valence-corrected chi connectivity index (χ1v) is 5.82. The van der Waals surface area contributed by atoms with Crippen LogP contribution in [0.1, 0.15) is 18.9 Å². The van der Waals surface area contributed by atoms with Gasteiger partial charge in [-0.3, -0.25) is 9.59 Å². The molecule has 0 aliphatic heterocycles. The topological polar surface area (TPSA) is 84.2 Å². The van der Waals surface area contributed by atoms with E-state index in [1.54, 1.807) is 18.2 Å². The van der Waals surface area contributed by atoms with Crippen molar-refractivity contribution < 1.29 is 9.59 Å². The summed E-state index contributed by atoms with van der Waals surface area (Å²) in [4.78, 5) is 22.6. The van der Waals surface area contributed by atoms with Crippen LogP contribution in [0.5, 0.6) is 0 Å². The molecule has 19 heavy (non-hydrogen) atoms. The van der Waals surface area contributed by atoms with Gasteiger partial charge >= 0.3 is 0 Å². The van der Waals surface area contributed by atoms with Crippen molar-refractivity contribution in [3.63, 3.8) is 0 Å². The Morgan fingerprint density at radius 1 is 1.42 bits per heavy atom. The van der Waals surface area contributed by atoms with Crippen LogP contribution in [-0.4, -0.2) is 17.9 Å². The summed E-state index contributed by atoms with van der Waals surface area (Å²) >= 11 is 0. The van der Waals surface area contributed by atoms with E-state index in [1.165, 1.54) is 6.92 Å². The Bertz CT molecular complexity index is 532.